The SMILES string of the molecule is N#Cc1ccc(-n2cc(Br)cn2)c([N+](=O)[O-])c1. The zero-order valence-corrected chi connectivity index (χ0v) is 9.96. The van der Waals surface area contributed by atoms with Gasteiger partial charge in [0.2, 0.25) is 0 Å². The van der Waals surface area contributed by atoms with Crippen LogP contribution in [0.1, 0.15) is 5.56 Å². The van der Waals surface area contributed by atoms with Crippen molar-refractivity contribution in [1.82, 2.24) is 9.78 Å². The van der Waals surface area contributed by atoms with Crippen LogP contribution in [-0.2, 0) is 0 Å². The van der Waals surface area contributed by atoms with Crippen LogP contribution in [0.15, 0.2) is 35.1 Å². The van der Waals surface area contributed by atoms with Crippen molar-refractivity contribution in [3.8, 4) is 11.8 Å². The Kier molecular flexibility index (Phi) is 2.89. The van der Waals surface area contributed by atoms with Gasteiger partial charge in [0.1, 0.15) is 5.69 Å². The van der Waals surface area contributed by atoms with Gasteiger partial charge in [-0.25, -0.2) is 4.68 Å². The van der Waals surface area contributed by atoms with Gasteiger partial charge < -0.3 is 0 Å². The molecule has 0 saturated carbocycles. The van der Waals surface area contributed by atoms with Crippen molar-refractivity contribution in [2.45, 2.75) is 0 Å². The van der Waals surface area contributed by atoms with Crippen LogP contribution >= 0.6 is 15.9 Å². The van der Waals surface area contributed by atoms with Gasteiger partial charge in [-0.2, -0.15) is 10.4 Å². The summed E-state index contributed by atoms with van der Waals surface area (Å²) < 4.78 is 2.10. The topological polar surface area (TPSA) is 84.8 Å². The van der Waals surface area contributed by atoms with Crippen LogP contribution in [0, 0.1) is 21.4 Å². The van der Waals surface area contributed by atoms with Gasteiger partial charge in [0, 0.05) is 12.3 Å². The van der Waals surface area contributed by atoms with Crippen LogP contribution in [0.4, 0.5) is 5.69 Å². The van der Waals surface area contributed by atoms with Crippen LogP contribution < -0.4 is 0 Å². The summed E-state index contributed by atoms with van der Waals surface area (Å²) >= 11 is 3.21. The minimum atomic E-state index is -0.536. The molecular formula is C10H5BrN4O2. The van der Waals surface area contributed by atoms with Crippen molar-refractivity contribution in [3.05, 3.63) is 50.7 Å². The maximum Gasteiger partial charge on any atom is 0.296 e. The molecule has 0 bridgehead atoms. The van der Waals surface area contributed by atoms with Gasteiger partial charge in [-0.15, -0.1) is 0 Å². The van der Waals surface area contributed by atoms with E-state index in [4.69, 9.17) is 5.26 Å². The molecule has 0 radical (unpaired) electrons. The lowest BCUT2D eigenvalue weighted by atomic mass is 10.2. The molecule has 0 aliphatic rings. The molecule has 6 nitrogen and oxygen atoms in total. The molecule has 17 heavy (non-hydrogen) atoms. The number of hydrogen-bond donors (Lipinski definition) is 0. The average molecular weight is 293 g/mol. The standard InChI is InChI=1S/C10H5BrN4O2/c11-8-5-13-14(6-8)9-2-1-7(4-12)3-10(9)15(16)17/h1-3,5-6H. The third kappa shape index (κ3) is 2.16. The van der Waals surface area contributed by atoms with E-state index in [9.17, 15) is 10.1 Å². The number of halogens is 1. The van der Waals surface area contributed by atoms with Crippen LogP contribution in [0.25, 0.3) is 5.69 Å². The van der Waals surface area contributed by atoms with Crippen molar-refractivity contribution in [1.29, 1.82) is 5.26 Å². The molecule has 0 amide bonds. The van der Waals surface area contributed by atoms with E-state index in [1.165, 1.54) is 29.1 Å². The van der Waals surface area contributed by atoms with E-state index in [1.807, 2.05) is 6.07 Å². The summed E-state index contributed by atoms with van der Waals surface area (Å²) in [6.07, 6.45) is 3.14. The Bertz CT molecular complexity index is 629. The van der Waals surface area contributed by atoms with Gasteiger partial charge in [-0.3, -0.25) is 10.1 Å². The minimum Gasteiger partial charge on any atom is -0.258 e. The second-order valence-electron chi connectivity index (χ2n) is 3.18. The quantitative estimate of drug-likeness (QED) is 0.628. The number of rotatable bonds is 2. The molecule has 1 heterocycles. The lowest BCUT2D eigenvalue weighted by molar-refractivity contribution is -0.384. The summed E-state index contributed by atoms with van der Waals surface area (Å²) in [6.45, 7) is 0. The van der Waals surface area contributed by atoms with E-state index < -0.39 is 4.92 Å². The predicted molar refractivity (Wildman–Crippen MR) is 62.6 cm³/mol. The number of nitro benzene ring substituents is 1. The summed E-state index contributed by atoms with van der Waals surface area (Å²) in [5.41, 5.74) is 0.408. The molecule has 1 aromatic heterocycles. The fraction of sp³-hybridized carbons (Fsp3) is 0. The molecule has 0 aliphatic carbocycles. The first kappa shape index (κ1) is 11.3. The molecule has 0 fully saturated rings. The zero-order chi connectivity index (χ0) is 12.4. The van der Waals surface area contributed by atoms with Gasteiger partial charge in [0.15, 0.2) is 0 Å². The van der Waals surface area contributed by atoms with Crippen LogP contribution in [0.3, 0.4) is 0 Å². The molecule has 0 atom stereocenters. The normalized spacial score (nSPS) is 9.88. The van der Waals surface area contributed by atoms with Crippen molar-refractivity contribution >= 4 is 21.6 Å². The molecule has 2 aromatic rings. The van der Waals surface area contributed by atoms with Crippen molar-refractivity contribution in [3.63, 3.8) is 0 Å². The fourth-order valence-electron chi connectivity index (χ4n) is 1.37. The second-order valence-corrected chi connectivity index (χ2v) is 4.09. The lowest BCUT2D eigenvalue weighted by Crippen LogP contribution is -2.00. The highest BCUT2D eigenvalue weighted by Crippen LogP contribution is 2.24. The monoisotopic (exact) mass is 292 g/mol. The maximum absolute atomic E-state index is 10.9. The first-order valence-corrected chi connectivity index (χ1v) is 5.30. The largest absolute Gasteiger partial charge is 0.296 e. The van der Waals surface area contributed by atoms with Gasteiger partial charge in [0.05, 0.1) is 27.2 Å². The Balaban J connectivity index is 2.62. The Morgan fingerprint density at radius 1 is 1.53 bits per heavy atom. The maximum atomic E-state index is 10.9. The van der Waals surface area contributed by atoms with Crippen LogP contribution in [-0.4, -0.2) is 14.7 Å². The van der Waals surface area contributed by atoms with Crippen molar-refractivity contribution in [2.75, 3.05) is 0 Å². The van der Waals surface area contributed by atoms with Crippen LogP contribution in [0.2, 0.25) is 0 Å². The summed E-state index contributed by atoms with van der Waals surface area (Å²) in [5.74, 6) is 0. The second kappa shape index (κ2) is 4.35. The molecular weight excluding hydrogens is 288 g/mol. The molecule has 84 valence electrons. The Morgan fingerprint density at radius 2 is 2.29 bits per heavy atom. The first-order chi connectivity index (χ1) is 8.11. The summed E-state index contributed by atoms with van der Waals surface area (Å²) in [5, 5.41) is 23.6. The smallest absolute Gasteiger partial charge is 0.258 e. The molecule has 1 aromatic carbocycles. The number of benzene rings is 1. The Hall–Kier alpha value is -2.20. The van der Waals surface area contributed by atoms with Crippen molar-refractivity contribution in [2.24, 2.45) is 0 Å². The highest BCUT2D eigenvalue weighted by Gasteiger charge is 2.16. The van der Waals surface area contributed by atoms with E-state index in [0.717, 1.165) is 4.47 Å². The van der Waals surface area contributed by atoms with Crippen molar-refractivity contribution < 1.29 is 4.92 Å². The number of aromatic nitrogens is 2. The molecule has 2 rings (SSSR count). The highest BCUT2D eigenvalue weighted by atomic mass is 79.9. The number of nitro groups is 1. The molecule has 0 unspecified atom stereocenters. The van der Waals surface area contributed by atoms with E-state index in [-0.39, 0.29) is 11.3 Å². The highest BCUT2D eigenvalue weighted by molar-refractivity contribution is 9.10. The first-order valence-electron chi connectivity index (χ1n) is 4.51. The number of hydrogen-bond acceptors (Lipinski definition) is 4. The molecule has 7 heteroatoms. The van der Waals surface area contributed by atoms with E-state index in [0.29, 0.717) is 5.69 Å². The van der Waals surface area contributed by atoms with Crippen LogP contribution in [0.5, 0.6) is 0 Å². The Morgan fingerprint density at radius 3 is 2.82 bits per heavy atom. The average Bonchev–Trinajstić information content (AvgIpc) is 2.75. The fourth-order valence-corrected chi connectivity index (χ4v) is 1.65. The lowest BCUT2D eigenvalue weighted by Gasteiger charge is -2.02. The van der Waals surface area contributed by atoms with E-state index in [1.54, 1.807) is 6.20 Å². The summed E-state index contributed by atoms with van der Waals surface area (Å²) in [4.78, 5) is 10.4. The van der Waals surface area contributed by atoms with Gasteiger partial charge in [-0.1, -0.05) is 0 Å². The Labute approximate surface area is 104 Å². The van der Waals surface area contributed by atoms with Gasteiger partial charge in [0.25, 0.3) is 5.69 Å². The van der Waals surface area contributed by atoms with Gasteiger partial charge >= 0.3 is 0 Å². The summed E-state index contributed by atoms with van der Waals surface area (Å²) in [6, 6.07) is 6.10. The number of nitriles is 1. The zero-order valence-electron chi connectivity index (χ0n) is 8.37. The van der Waals surface area contributed by atoms with E-state index >= 15 is 0 Å². The third-order valence-electron chi connectivity index (χ3n) is 2.10. The van der Waals surface area contributed by atoms with E-state index in [2.05, 4.69) is 21.0 Å². The molecule has 0 saturated heterocycles. The molecule has 0 aliphatic heterocycles. The number of nitrogens with zero attached hydrogens (tertiary/aromatic N) is 4. The third-order valence-corrected chi connectivity index (χ3v) is 2.51. The summed E-state index contributed by atoms with van der Waals surface area (Å²) in [7, 11) is 0. The molecule has 0 N–H and O–H groups in total. The minimum absolute atomic E-state index is 0.153. The molecule has 0 spiro atoms. The van der Waals surface area contributed by atoms with Gasteiger partial charge in [-0.05, 0) is 28.1 Å². The predicted octanol–water partition coefficient (Wildman–Crippen LogP) is 2.41.